The van der Waals surface area contributed by atoms with Gasteiger partial charge in [-0.05, 0) is 19.1 Å². The highest BCUT2D eigenvalue weighted by Gasteiger charge is 2.15. The van der Waals surface area contributed by atoms with Crippen molar-refractivity contribution in [1.29, 1.82) is 0 Å². The van der Waals surface area contributed by atoms with E-state index in [4.69, 9.17) is 0 Å². The third kappa shape index (κ3) is 11.7. The number of pyridine rings is 1. The summed E-state index contributed by atoms with van der Waals surface area (Å²) in [5.74, 6) is 0. The number of rotatable bonds is 0. The Labute approximate surface area is 69.2 Å². The fourth-order valence-corrected chi connectivity index (χ4v) is 0.448. The Balaban J connectivity index is 0.000000217. The smallest absolute Gasteiger partial charge is 0.262 e. The van der Waals surface area contributed by atoms with Gasteiger partial charge in [-0.15, -0.1) is 0 Å². The maximum Gasteiger partial charge on any atom is 0.386 e. The molecule has 0 atom stereocenters. The van der Waals surface area contributed by atoms with Gasteiger partial charge in [0.2, 0.25) is 0 Å². The fourth-order valence-electron chi connectivity index (χ4n) is 0.448. The van der Waals surface area contributed by atoms with Crippen LogP contribution in [-0.2, 0) is 0 Å². The standard InChI is InChI=1S/C6H7N.C2H3F3/c1-6-4-2-3-5-7-6;1-2(3,4)5/h2-5H,1H3;1H3. The maximum atomic E-state index is 10.4. The van der Waals surface area contributed by atoms with Gasteiger partial charge in [0.1, 0.15) is 0 Å². The van der Waals surface area contributed by atoms with Gasteiger partial charge in [0.05, 0.1) is 0 Å². The van der Waals surface area contributed by atoms with Crippen LogP contribution in [0.2, 0.25) is 0 Å². The summed E-state index contributed by atoms with van der Waals surface area (Å²) in [6.07, 6.45) is -2.21. The van der Waals surface area contributed by atoms with E-state index in [1.807, 2.05) is 25.1 Å². The van der Waals surface area contributed by atoms with Crippen LogP contribution in [0.5, 0.6) is 0 Å². The lowest BCUT2D eigenvalue weighted by atomic mass is 10.4. The van der Waals surface area contributed by atoms with Crippen molar-refractivity contribution in [2.75, 3.05) is 0 Å². The van der Waals surface area contributed by atoms with E-state index in [-0.39, 0.29) is 6.92 Å². The lowest BCUT2D eigenvalue weighted by molar-refractivity contribution is -0.110. The van der Waals surface area contributed by atoms with E-state index in [1.54, 1.807) is 6.20 Å². The van der Waals surface area contributed by atoms with Crippen LogP contribution in [0.15, 0.2) is 24.4 Å². The third-order valence-electron chi connectivity index (χ3n) is 0.813. The molecule has 0 unspecified atom stereocenters. The first kappa shape index (κ1) is 10.9. The molecule has 0 aliphatic carbocycles. The summed E-state index contributed by atoms with van der Waals surface area (Å²) in [4.78, 5) is 3.98. The summed E-state index contributed by atoms with van der Waals surface area (Å²) >= 11 is 0. The number of halogens is 3. The average Bonchev–Trinajstić information content (AvgIpc) is 1.85. The molecule has 0 saturated carbocycles. The van der Waals surface area contributed by atoms with Crippen molar-refractivity contribution >= 4 is 0 Å². The lowest BCUT2D eigenvalue weighted by Crippen LogP contribution is -1.95. The largest absolute Gasteiger partial charge is 0.386 e. The molecule has 0 amide bonds. The molecule has 1 nitrogen and oxygen atoms in total. The van der Waals surface area contributed by atoms with Gasteiger partial charge in [-0.3, -0.25) is 4.98 Å². The predicted molar refractivity (Wildman–Crippen MR) is 40.7 cm³/mol. The number of hydrogen-bond donors (Lipinski definition) is 0. The van der Waals surface area contributed by atoms with Crippen LogP contribution < -0.4 is 0 Å². The Morgan fingerprint density at radius 1 is 1.25 bits per heavy atom. The van der Waals surface area contributed by atoms with E-state index >= 15 is 0 Å². The lowest BCUT2D eigenvalue weighted by Gasteiger charge is -1.88. The molecule has 0 N–H and O–H groups in total. The average molecular weight is 177 g/mol. The van der Waals surface area contributed by atoms with Crippen molar-refractivity contribution in [3.05, 3.63) is 30.1 Å². The summed E-state index contributed by atoms with van der Waals surface area (Å²) in [7, 11) is 0. The van der Waals surface area contributed by atoms with E-state index in [0.29, 0.717) is 0 Å². The molecule has 12 heavy (non-hydrogen) atoms. The Kier molecular flexibility index (Phi) is 4.33. The minimum Gasteiger partial charge on any atom is -0.262 e. The summed E-state index contributed by atoms with van der Waals surface area (Å²) in [6.45, 7) is 2.16. The summed E-state index contributed by atoms with van der Waals surface area (Å²) in [5, 5.41) is 0. The van der Waals surface area contributed by atoms with Crippen molar-refractivity contribution in [2.24, 2.45) is 0 Å². The molecule has 1 aromatic heterocycles. The van der Waals surface area contributed by atoms with Crippen LogP contribution in [0.3, 0.4) is 0 Å². The van der Waals surface area contributed by atoms with Crippen molar-refractivity contribution in [3.63, 3.8) is 0 Å². The zero-order chi connectivity index (χ0) is 9.61. The van der Waals surface area contributed by atoms with Crippen molar-refractivity contribution in [2.45, 2.75) is 20.0 Å². The van der Waals surface area contributed by atoms with Gasteiger partial charge in [-0.25, -0.2) is 0 Å². The Bertz CT molecular complexity index is 199. The Morgan fingerprint density at radius 2 is 1.75 bits per heavy atom. The van der Waals surface area contributed by atoms with E-state index in [9.17, 15) is 13.2 Å². The number of aryl methyl sites for hydroxylation is 1. The van der Waals surface area contributed by atoms with Crippen molar-refractivity contribution in [3.8, 4) is 0 Å². The van der Waals surface area contributed by atoms with Crippen LogP contribution >= 0.6 is 0 Å². The van der Waals surface area contributed by atoms with E-state index in [2.05, 4.69) is 4.98 Å². The Hall–Kier alpha value is -1.06. The molecule has 0 aliphatic rings. The van der Waals surface area contributed by atoms with Gasteiger partial charge in [-0.1, -0.05) is 6.07 Å². The van der Waals surface area contributed by atoms with Gasteiger partial charge in [-0.2, -0.15) is 13.2 Å². The quantitative estimate of drug-likeness (QED) is 0.593. The highest BCUT2D eigenvalue weighted by Crippen LogP contribution is 2.10. The summed E-state index contributed by atoms with van der Waals surface area (Å²) in [5.41, 5.74) is 1.07. The van der Waals surface area contributed by atoms with E-state index in [0.717, 1.165) is 5.69 Å². The molecule has 0 saturated heterocycles. The molecular weight excluding hydrogens is 167 g/mol. The molecule has 1 heterocycles. The van der Waals surface area contributed by atoms with Gasteiger partial charge in [0, 0.05) is 18.8 Å². The molecule has 0 radical (unpaired) electrons. The summed E-state index contributed by atoms with van der Waals surface area (Å²) < 4.78 is 31.1. The molecule has 0 spiro atoms. The molecule has 68 valence electrons. The minimum absolute atomic E-state index is 0.188. The first-order valence-corrected chi connectivity index (χ1v) is 3.34. The first-order chi connectivity index (χ1) is 5.39. The zero-order valence-corrected chi connectivity index (χ0v) is 6.89. The summed E-state index contributed by atoms with van der Waals surface area (Å²) in [6, 6.07) is 5.86. The molecule has 0 fully saturated rings. The predicted octanol–water partition coefficient (Wildman–Crippen LogP) is 2.96. The van der Waals surface area contributed by atoms with Crippen molar-refractivity contribution < 1.29 is 13.2 Å². The van der Waals surface area contributed by atoms with E-state index < -0.39 is 6.18 Å². The number of hydrogen-bond acceptors (Lipinski definition) is 1. The topological polar surface area (TPSA) is 12.9 Å². The second kappa shape index (κ2) is 4.74. The Morgan fingerprint density at radius 3 is 1.92 bits per heavy atom. The van der Waals surface area contributed by atoms with Crippen LogP contribution in [0, 0.1) is 6.92 Å². The molecule has 4 heteroatoms. The number of nitrogens with zero attached hydrogens (tertiary/aromatic N) is 1. The molecular formula is C8H10F3N. The minimum atomic E-state index is -4.00. The normalized spacial score (nSPS) is 10.1. The van der Waals surface area contributed by atoms with E-state index in [1.165, 1.54) is 0 Å². The molecule has 0 aliphatic heterocycles. The second-order valence-corrected chi connectivity index (χ2v) is 2.25. The third-order valence-corrected chi connectivity index (χ3v) is 0.813. The zero-order valence-electron chi connectivity index (χ0n) is 6.89. The maximum absolute atomic E-state index is 10.4. The van der Waals surface area contributed by atoms with Gasteiger partial charge < -0.3 is 0 Å². The van der Waals surface area contributed by atoms with Crippen LogP contribution in [0.4, 0.5) is 13.2 Å². The highest BCUT2D eigenvalue weighted by molar-refractivity contribution is 4.99. The van der Waals surface area contributed by atoms with Crippen LogP contribution in [0.1, 0.15) is 12.6 Å². The first-order valence-electron chi connectivity index (χ1n) is 3.34. The fraction of sp³-hybridized carbons (Fsp3) is 0.375. The molecule has 0 aromatic carbocycles. The van der Waals surface area contributed by atoms with Crippen molar-refractivity contribution in [1.82, 2.24) is 4.98 Å². The highest BCUT2D eigenvalue weighted by atomic mass is 19.4. The molecule has 1 aromatic rings. The number of alkyl halides is 3. The van der Waals surface area contributed by atoms with Gasteiger partial charge >= 0.3 is 6.18 Å². The number of aromatic nitrogens is 1. The monoisotopic (exact) mass is 177 g/mol. The van der Waals surface area contributed by atoms with Crippen LogP contribution in [0.25, 0.3) is 0 Å². The molecule has 1 rings (SSSR count). The van der Waals surface area contributed by atoms with Gasteiger partial charge in [0.15, 0.2) is 0 Å². The SMILES string of the molecule is CC(F)(F)F.Cc1ccccn1. The van der Waals surface area contributed by atoms with Crippen LogP contribution in [-0.4, -0.2) is 11.2 Å². The molecule has 0 bridgehead atoms. The second-order valence-electron chi connectivity index (χ2n) is 2.25. The van der Waals surface area contributed by atoms with Gasteiger partial charge in [0.25, 0.3) is 0 Å².